The van der Waals surface area contributed by atoms with E-state index in [0.29, 0.717) is 19.0 Å². The number of amides is 1. The Labute approximate surface area is 121 Å². The fourth-order valence-electron chi connectivity index (χ4n) is 1.61. The summed E-state index contributed by atoms with van der Waals surface area (Å²) in [6.45, 7) is 4.35. The van der Waals surface area contributed by atoms with Gasteiger partial charge in [0.2, 0.25) is 5.95 Å². The summed E-state index contributed by atoms with van der Waals surface area (Å²) in [5.41, 5.74) is 1.16. The number of nitrogens with one attached hydrogen (secondary N) is 2. The van der Waals surface area contributed by atoms with Crippen molar-refractivity contribution in [2.75, 3.05) is 11.9 Å². The van der Waals surface area contributed by atoms with Crippen molar-refractivity contribution in [3.63, 3.8) is 0 Å². The van der Waals surface area contributed by atoms with Crippen LogP contribution in [-0.2, 0) is 6.54 Å². The number of benzene rings is 1. The van der Waals surface area contributed by atoms with Crippen molar-refractivity contribution >= 4 is 11.9 Å². The molecule has 21 heavy (non-hydrogen) atoms. The van der Waals surface area contributed by atoms with Crippen LogP contribution in [0.4, 0.5) is 10.3 Å². The molecule has 0 fully saturated rings. The highest BCUT2D eigenvalue weighted by Gasteiger charge is 2.07. The quantitative estimate of drug-likeness (QED) is 0.798. The zero-order valence-corrected chi connectivity index (χ0v) is 11.3. The highest BCUT2D eigenvalue weighted by atomic mass is 19.1. The number of halogens is 1. The van der Waals surface area contributed by atoms with E-state index in [2.05, 4.69) is 27.2 Å². The van der Waals surface area contributed by atoms with Crippen molar-refractivity contribution in [2.24, 2.45) is 0 Å². The van der Waals surface area contributed by atoms with E-state index in [9.17, 15) is 9.18 Å². The molecule has 0 aliphatic rings. The lowest BCUT2D eigenvalue weighted by atomic mass is 10.2. The van der Waals surface area contributed by atoms with E-state index < -0.39 is 0 Å². The molecule has 2 rings (SSSR count). The molecule has 0 bridgehead atoms. The van der Waals surface area contributed by atoms with Crippen molar-refractivity contribution in [3.05, 3.63) is 66.3 Å². The maximum absolute atomic E-state index is 12.8. The molecule has 5 nitrogen and oxygen atoms in total. The average Bonchev–Trinajstić information content (AvgIpc) is 2.52. The van der Waals surface area contributed by atoms with Gasteiger partial charge in [-0.15, -0.1) is 6.58 Å². The van der Waals surface area contributed by atoms with Crippen LogP contribution in [0.2, 0.25) is 0 Å². The first kappa shape index (κ1) is 14.6. The molecule has 2 N–H and O–H groups in total. The number of hydrogen-bond donors (Lipinski definition) is 2. The van der Waals surface area contributed by atoms with Gasteiger partial charge in [0.25, 0.3) is 5.91 Å². The maximum atomic E-state index is 12.8. The molecule has 1 amide bonds. The summed E-state index contributed by atoms with van der Waals surface area (Å²) in [6.07, 6.45) is 3.09. The van der Waals surface area contributed by atoms with E-state index in [-0.39, 0.29) is 17.4 Å². The molecule has 0 atom stereocenters. The Kier molecular flexibility index (Phi) is 4.98. The van der Waals surface area contributed by atoms with Gasteiger partial charge in [0.05, 0.1) is 0 Å². The van der Waals surface area contributed by atoms with Gasteiger partial charge in [0.1, 0.15) is 11.5 Å². The molecular formula is C15H15FN4O. The molecule has 1 heterocycles. The lowest BCUT2D eigenvalue weighted by molar-refractivity contribution is 0.0953. The normalized spacial score (nSPS) is 9.95. The first-order valence-corrected chi connectivity index (χ1v) is 6.39. The Morgan fingerprint density at radius 3 is 2.76 bits per heavy atom. The predicted octanol–water partition coefficient (Wildman–Crippen LogP) is 2.14. The summed E-state index contributed by atoms with van der Waals surface area (Å²) in [4.78, 5) is 19.9. The van der Waals surface area contributed by atoms with Crippen LogP contribution in [-0.4, -0.2) is 22.4 Å². The molecule has 0 saturated carbocycles. The Balaban J connectivity index is 1.99. The van der Waals surface area contributed by atoms with E-state index in [1.165, 1.54) is 24.4 Å². The molecule has 0 aliphatic carbocycles. The van der Waals surface area contributed by atoms with Crippen LogP contribution in [0, 0.1) is 5.82 Å². The first-order chi connectivity index (χ1) is 10.2. The zero-order chi connectivity index (χ0) is 15.1. The zero-order valence-electron chi connectivity index (χ0n) is 11.3. The van der Waals surface area contributed by atoms with Gasteiger partial charge in [-0.25, -0.2) is 14.4 Å². The second kappa shape index (κ2) is 7.14. The highest BCUT2D eigenvalue weighted by molar-refractivity contribution is 5.92. The van der Waals surface area contributed by atoms with Gasteiger partial charge in [-0.2, -0.15) is 0 Å². The van der Waals surface area contributed by atoms with Gasteiger partial charge in [-0.1, -0.05) is 18.2 Å². The second-order valence-corrected chi connectivity index (χ2v) is 4.24. The molecule has 0 aliphatic heterocycles. The Hall–Kier alpha value is -2.76. The molecule has 1 aromatic heterocycles. The third kappa shape index (κ3) is 4.38. The number of carbonyl (C=O) groups is 1. The van der Waals surface area contributed by atoms with Gasteiger partial charge in [-0.05, 0) is 23.8 Å². The number of nitrogens with zero attached hydrogens (tertiary/aromatic N) is 2. The third-order valence-corrected chi connectivity index (χ3v) is 2.66. The minimum atomic E-state index is -0.290. The van der Waals surface area contributed by atoms with E-state index in [0.717, 1.165) is 5.56 Å². The fraction of sp³-hybridized carbons (Fsp3) is 0.133. The van der Waals surface area contributed by atoms with Crippen molar-refractivity contribution in [1.82, 2.24) is 15.3 Å². The molecule has 0 radical (unpaired) electrons. The molecule has 0 saturated heterocycles. The van der Waals surface area contributed by atoms with Gasteiger partial charge in [0.15, 0.2) is 0 Å². The predicted molar refractivity (Wildman–Crippen MR) is 78.3 cm³/mol. The molecule has 0 spiro atoms. The largest absolute Gasteiger partial charge is 0.350 e. The average molecular weight is 286 g/mol. The summed E-state index contributed by atoms with van der Waals surface area (Å²) >= 11 is 0. The Morgan fingerprint density at radius 2 is 2.05 bits per heavy atom. The fourth-order valence-corrected chi connectivity index (χ4v) is 1.61. The molecule has 108 valence electrons. The van der Waals surface area contributed by atoms with Crippen molar-refractivity contribution in [3.8, 4) is 0 Å². The monoisotopic (exact) mass is 286 g/mol. The van der Waals surface area contributed by atoms with Gasteiger partial charge < -0.3 is 10.6 Å². The summed E-state index contributed by atoms with van der Waals surface area (Å²) < 4.78 is 12.8. The van der Waals surface area contributed by atoms with Crippen LogP contribution >= 0.6 is 0 Å². The summed E-state index contributed by atoms with van der Waals surface area (Å²) in [6, 6.07) is 7.64. The minimum absolute atomic E-state index is 0.272. The Morgan fingerprint density at radius 1 is 1.29 bits per heavy atom. The van der Waals surface area contributed by atoms with E-state index in [1.54, 1.807) is 18.2 Å². The van der Waals surface area contributed by atoms with Crippen molar-refractivity contribution in [1.29, 1.82) is 0 Å². The number of anilines is 1. The SMILES string of the molecule is C=CCNC(=O)c1ccnc(NCc2ccc(F)cc2)n1. The number of aromatic nitrogens is 2. The Bertz CT molecular complexity index is 628. The second-order valence-electron chi connectivity index (χ2n) is 4.24. The van der Waals surface area contributed by atoms with E-state index in [4.69, 9.17) is 0 Å². The van der Waals surface area contributed by atoms with Gasteiger partial charge in [-0.3, -0.25) is 4.79 Å². The van der Waals surface area contributed by atoms with E-state index >= 15 is 0 Å². The van der Waals surface area contributed by atoms with Crippen LogP contribution in [0.5, 0.6) is 0 Å². The van der Waals surface area contributed by atoms with Gasteiger partial charge in [0, 0.05) is 19.3 Å². The van der Waals surface area contributed by atoms with Crippen LogP contribution in [0.25, 0.3) is 0 Å². The molecule has 6 heteroatoms. The number of rotatable bonds is 6. The summed E-state index contributed by atoms with van der Waals surface area (Å²) in [7, 11) is 0. The maximum Gasteiger partial charge on any atom is 0.270 e. The van der Waals surface area contributed by atoms with Gasteiger partial charge >= 0.3 is 0 Å². The lowest BCUT2D eigenvalue weighted by Crippen LogP contribution is -2.24. The number of carbonyl (C=O) groups excluding carboxylic acids is 1. The van der Waals surface area contributed by atoms with Crippen LogP contribution in [0.3, 0.4) is 0 Å². The van der Waals surface area contributed by atoms with Crippen molar-refractivity contribution < 1.29 is 9.18 Å². The topological polar surface area (TPSA) is 66.9 Å². The summed E-state index contributed by atoms with van der Waals surface area (Å²) in [5.74, 6) is -0.233. The minimum Gasteiger partial charge on any atom is -0.350 e. The lowest BCUT2D eigenvalue weighted by Gasteiger charge is -2.06. The first-order valence-electron chi connectivity index (χ1n) is 6.39. The number of hydrogen-bond acceptors (Lipinski definition) is 4. The standard InChI is InChI=1S/C15H15FN4O/c1-2-8-17-14(21)13-7-9-18-15(20-13)19-10-11-3-5-12(16)6-4-11/h2-7,9H,1,8,10H2,(H,17,21)(H,18,19,20). The van der Waals surface area contributed by atoms with Crippen LogP contribution in [0.1, 0.15) is 16.1 Å². The third-order valence-electron chi connectivity index (χ3n) is 2.66. The molecular weight excluding hydrogens is 271 g/mol. The van der Waals surface area contributed by atoms with E-state index in [1.807, 2.05) is 0 Å². The molecule has 0 unspecified atom stereocenters. The highest BCUT2D eigenvalue weighted by Crippen LogP contribution is 2.06. The molecule has 2 aromatic rings. The van der Waals surface area contributed by atoms with Crippen molar-refractivity contribution in [2.45, 2.75) is 6.54 Å². The molecule has 1 aromatic carbocycles. The van der Waals surface area contributed by atoms with Crippen LogP contribution in [0.15, 0.2) is 49.2 Å². The van der Waals surface area contributed by atoms with Crippen LogP contribution < -0.4 is 10.6 Å². The smallest absolute Gasteiger partial charge is 0.270 e. The summed E-state index contributed by atoms with van der Waals surface area (Å²) in [5, 5.41) is 5.63.